The van der Waals surface area contributed by atoms with Gasteiger partial charge in [0.2, 0.25) is 0 Å². The molecule has 3 saturated carbocycles. The summed E-state index contributed by atoms with van der Waals surface area (Å²) in [5.41, 5.74) is -0.109. The van der Waals surface area contributed by atoms with Gasteiger partial charge in [0.25, 0.3) is 0 Å². The van der Waals surface area contributed by atoms with E-state index in [-0.39, 0.29) is 51.5 Å². The molecule has 4 heteroatoms. The lowest BCUT2D eigenvalue weighted by atomic mass is 9.35. The van der Waals surface area contributed by atoms with Gasteiger partial charge in [-0.3, -0.25) is 9.59 Å². The molecule has 4 aliphatic carbocycles. The largest absolute Gasteiger partial charge is 0.392 e. The van der Waals surface area contributed by atoms with Gasteiger partial charge in [0, 0.05) is 16.7 Å². The lowest BCUT2D eigenvalue weighted by Gasteiger charge is -2.69. The fourth-order valence-corrected chi connectivity index (χ4v) is 8.72. The van der Waals surface area contributed by atoms with Crippen LogP contribution in [-0.4, -0.2) is 34.5 Å². The molecule has 0 bridgehead atoms. The van der Waals surface area contributed by atoms with E-state index in [1.807, 2.05) is 6.08 Å². The summed E-state index contributed by atoms with van der Waals surface area (Å²) in [7, 11) is 0. The number of rotatable bonds is 2. The Labute approximate surface area is 174 Å². The van der Waals surface area contributed by atoms with E-state index in [1.165, 1.54) is 0 Å². The van der Waals surface area contributed by atoms with E-state index in [2.05, 4.69) is 41.5 Å². The summed E-state index contributed by atoms with van der Waals surface area (Å²) in [6.07, 6.45) is 7.32. The fraction of sp³-hybridized carbons (Fsp3) is 0.760. The maximum absolute atomic E-state index is 12.8. The normalized spacial score (nSPS) is 53.7. The second kappa shape index (κ2) is 6.13. The van der Waals surface area contributed by atoms with Crippen LogP contribution in [0.1, 0.15) is 60.8 Å². The van der Waals surface area contributed by atoms with Crippen LogP contribution in [0.15, 0.2) is 23.8 Å². The number of allylic oxidation sites excluding steroid dienone is 4. The van der Waals surface area contributed by atoms with Crippen molar-refractivity contribution in [1.82, 2.24) is 0 Å². The van der Waals surface area contributed by atoms with Gasteiger partial charge in [-0.05, 0) is 60.0 Å². The first-order valence-corrected chi connectivity index (χ1v) is 11.1. The van der Waals surface area contributed by atoms with Crippen molar-refractivity contribution in [2.45, 2.75) is 66.9 Å². The Hall–Kier alpha value is -1.26. The van der Waals surface area contributed by atoms with Gasteiger partial charge in [-0.25, -0.2) is 0 Å². The molecule has 0 aliphatic heterocycles. The molecule has 160 valence electrons. The minimum absolute atomic E-state index is 0.0378. The third-order valence-corrected chi connectivity index (χ3v) is 10.3. The van der Waals surface area contributed by atoms with Gasteiger partial charge in [-0.1, -0.05) is 53.2 Å². The zero-order valence-corrected chi connectivity index (χ0v) is 18.7. The molecule has 0 radical (unpaired) electrons. The van der Waals surface area contributed by atoms with Crippen molar-refractivity contribution in [2.24, 2.45) is 45.3 Å². The van der Waals surface area contributed by atoms with Crippen molar-refractivity contribution in [3.05, 3.63) is 23.8 Å². The van der Waals surface area contributed by atoms with Crippen LogP contribution in [0.3, 0.4) is 0 Å². The standard InChI is InChI=1S/C25H36O4/c1-14-9-19-23(4)11-15(2)21(18(28)13-26)24(23,5)12-20(29)25(19,6)22(3)8-7-16(27)10-17(14)22/h7-8,10,14-15,19-21,26,29H,9,11-13H2,1-6H3/t14-,15+,19?,20?,21?,22?,23-,24?,25+/m0/s1. The molecule has 2 N–H and O–H groups in total. The van der Waals surface area contributed by atoms with E-state index in [1.54, 1.807) is 12.2 Å². The van der Waals surface area contributed by atoms with Crippen LogP contribution in [0.2, 0.25) is 0 Å². The van der Waals surface area contributed by atoms with E-state index >= 15 is 0 Å². The van der Waals surface area contributed by atoms with Crippen molar-refractivity contribution in [2.75, 3.05) is 6.61 Å². The molecule has 0 aromatic heterocycles. The highest BCUT2D eigenvalue weighted by molar-refractivity contribution is 6.01. The van der Waals surface area contributed by atoms with Crippen LogP contribution < -0.4 is 0 Å². The number of fused-ring (bicyclic) bond motifs is 5. The van der Waals surface area contributed by atoms with Crippen LogP contribution in [0.25, 0.3) is 0 Å². The van der Waals surface area contributed by atoms with Gasteiger partial charge in [-0.15, -0.1) is 0 Å². The summed E-state index contributed by atoms with van der Waals surface area (Å²) in [6, 6.07) is 0. The highest BCUT2D eigenvalue weighted by Crippen LogP contribution is 2.77. The Morgan fingerprint density at radius 3 is 2.41 bits per heavy atom. The third-order valence-electron chi connectivity index (χ3n) is 10.3. The van der Waals surface area contributed by atoms with Crippen LogP contribution >= 0.6 is 0 Å². The second-order valence-corrected chi connectivity index (χ2v) is 11.3. The second-order valence-electron chi connectivity index (χ2n) is 11.3. The molecule has 5 unspecified atom stereocenters. The smallest absolute Gasteiger partial charge is 0.178 e. The van der Waals surface area contributed by atoms with Crippen molar-refractivity contribution in [1.29, 1.82) is 0 Å². The van der Waals surface area contributed by atoms with E-state index in [4.69, 9.17) is 0 Å². The summed E-state index contributed by atoms with van der Waals surface area (Å²) in [5.74, 6) is 0.385. The van der Waals surface area contributed by atoms with Crippen LogP contribution in [0, 0.1) is 45.3 Å². The van der Waals surface area contributed by atoms with Gasteiger partial charge in [0.05, 0.1) is 6.10 Å². The first-order valence-electron chi connectivity index (χ1n) is 11.1. The predicted octanol–water partition coefficient (Wildman–Crippen LogP) is 3.71. The zero-order valence-electron chi connectivity index (χ0n) is 18.7. The quantitative estimate of drug-likeness (QED) is 0.741. The minimum atomic E-state index is -0.580. The number of carbonyl (C=O) groups excluding carboxylic acids is 2. The Morgan fingerprint density at radius 2 is 1.79 bits per heavy atom. The molecule has 0 saturated heterocycles. The average Bonchev–Trinajstić information content (AvgIpc) is 2.84. The molecule has 0 amide bonds. The SMILES string of the molecule is C[C@@H]1C[C@@]2(C)C3C[C@H](C)C4=CC(=O)C=CC4(C)[C@@]3(C)C(O)CC2(C)C1C(=O)CO. The molecule has 4 nitrogen and oxygen atoms in total. The number of aliphatic hydroxyl groups excluding tert-OH is 2. The monoisotopic (exact) mass is 400 g/mol. The fourth-order valence-electron chi connectivity index (χ4n) is 8.72. The third kappa shape index (κ3) is 2.28. The number of Topliss-reactive ketones (excluding diaryl/α,β-unsaturated/α-hetero) is 1. The lowest BCUT2D eigenvalue weighted by molar-refractivity contribution is -0.217. The molecule has 0 heterocycles. The first kappa shape index (κ1) is 21.0. The maximum atomic E-state index is 12.8. The van der Waals surface area contributed by atoms with Crippen LogP contribution in [0.4, 0.5) is 0 Å². The summed E-state index contributed by atoms with van der Waals surface area (Å²) in [4.78, 5) is 24.9. The Morgan fingerprint density at radius 1 is 1.14 bits per heavy atom. The summed E-state index contributed by atoms with van der Waals surface area (Å²) in [5, 5.41) is 21.3. The van der Waals surface area contributed by atoms with Crippen molar-refractivity contribution >= 4 is 11.6 Å². The lowest BCUT2D eigenvalue weighted by Crippen LogP contribution is -2.67. The highest BCUT2D eigenvalue weighted by atomic mass is 16.3. The molecule has 0 spiro atoms. The van der Waals surface area contributed by atoms with Gasteiger partial charge < -0.3 is 10.2 Å². The van der Waals surface area contributed by atoms with Crippen LogP contribution in [-0.2, 0) is 9.59 Å². The zero-order chi connectivity index (χ0) is 21.6. The van der Waals surface area contributed by atoms with Gasteiger partial charge in [0.15, 0.2) is 11.6 Å². The molecule has 4 aliphatic rings. The van der Waals surface area contributed by atoms with E-state index in [0.717, 1.165) is 18.4 Å². The van der Waals surface area contributed by atoms with Gasteiger partial charge in [0.1, 0.15) is 6.61 Å². The molecule has 0 aromatic carbocycles. The number of ketones is 2. The topological polar surface area (TPSA) is 74.6 Å². The highest BCUT2D eigenvalue weighted by Gasteiger charge is 2.73. The van der Waals surface area contributed by atoms with E-state index in [9.17, 15) is 19.8 Å². The summed E-state index contributed by atoms with van der Waals surface area (Å²) >= 11 is 0. The number of carbonyl (C=O) groups is 2. The number of hydrogen-bond acceptors (Lipinski definition) is 4. The Balaban J connectivity index is 1.90. The Kier molecular flexibility index (Phi) is 4.44. The minimum Gasteiger partial charge on any atom is -0.392 e. The number of hydrogen-bond donors (Lipinski definition) is 2. The van der Waals surface area contributed by atoms with Crippen molar-refractivity contribution in [3.63, 3.8) is 0 Å². The summed E-state index contributed by atoms with van der Waals surface area (Å²) < 4.78 is 0. The molecule has 0 aromatic rings. The Bertz CT molecular complexity index is 827. The van der Waals surface area contributed by atoms with E-state index < -0.39 is 18.1 Å². The maximum Gasteiger partial charge on any atom is 0.178 e. The predicted molar refractivity (Wildman–Crippen MR) is 112 cm³/mol. The van der Waals surface area contributed by atoms with Crippen molar-refractivity contribution < 1.29 is 19.8 Å². The molecule has 3 fully saturated rings. The van der Waals surface area contributed by atoms with Gasteiger partial charge >= 0.3 is 0 Å². The molecule has 9 atom stereocenters. The number of aliphatic hydroxyl groups is 2. The molecular formula is C25H36O4. The molecule has 29 heavy (non-hydrogen) atoms. The van der Waals surface area contributed by atoms with Crippen molar-refractivity contribution in [3.8, 4) is 0 Å². The molecular weight excluding hydrogens is 364 g/mol. The average molecular weight is 401 g/mol. The molecule has 4 rings (SSSR count). The van der Waals surface area contributed by atoms with E-state index in [0.29, 0.717) is 6.42 Å². The first-order chi connectivity index (χ1) is 13.4. The summed E-state index contributed by atoms with van der Waals surface area (Å²) in [6.45, 7) is 12.8. The van der Waals surface area contributed by atoms with Gasteiger partial charge in [-0.2, -0.15) is 0 Å². The van der Waals surface area contributed by atoms with Crippen LogP contribution in [0.5, 0.6) is 0 Å².